The van der Waals surface area contributed by atoms with E-state index in [1.54, 1.807) is 0 Å². The van der Waals surface area contributed by atoms with E-state index < -0.39 is 22.8 Å². The van der Waals surface area contributed by atoms with Crippen LogP contribution in [0.25, 0.3) is 0 Å². The predicted molar refractivity (Wildman–Crippen MR) is 61.5 cm³/mol. The molecule has 0 aliphatic carbocycles. The van der Waals surface area contributed by atoms with E-state index in [0.29, 0.717) is 0 Å². The fourth-order valence-corrected chi connectivity index (χ4v) is 2.02. The first-order valence-electron chi connectivity index (χ1n) is 4.17. The molecule has 0 aromatic heterocycles. The number of benzene rings is 1. The van der Waals surface area contributed by atoms with Gasteiger partial charge in [-0.15, -0.1) is 0 Å². The highest BCUT2D eigenvalue weighted by Gasteiger charge is 2.29. The van der Waals surface area contributed by atoms with Gasteiger partial charge in [0.25, 0.3) is 10.0 Å². The Morgan fingerprint density at radius 3 is 2.24 bits per heavy atom. The molecule has 0 aliphatic rings. The maximum absolute atomic E-state index is 11.7. The van der Waals surface area contributed by atoms with Gasteiger partial charge in [0.1, 0.15) is 0 Å². The monoisotopic (exact) mass is 381 g/mol. The van der Waals surface area contributed by atoms with Crippen molar-refractivity contribution in [3.8, 4) is 0 Å². The minimum Gasteiger partial charge on any atom is -0.277 e. The van der Waals surface area contributed by atoms with Crippen LogP contribution in [0.2, 0.25) is 0 Å². The molecule has 96 valence electrons. The number of rotatable bonds is 4. The zero-order chi connectivity index (χ0) is 13.1. The standard InChI is InChI=1S/C8H7F3INO3S/c9-8(10,11)5-16-13-17(14,15)7-3-1-6(12)2-4-7/h1-4,13H,5H2. The average Bonchev–Trinajstić information content (AvgIpc) is 2.15. The normalized spacial score (nSPS) is 12.7. The largest absolute Gasteiger partial charge is 0.413 e. The second-order valence-corrected chi connectivity index (χ2v) is 5.84. The first kappa shape index (κ1) is 14.7. The van der Waals surface area contributed by atoms with Crippen molar-refractivity contribution in [3.63, 3.8) is 0 Å². The van der Waals surface area contributed by atoms with Crippen molar-refractivity contribution in [3.05, 3.63) is 27.8 Å². The molecular formula is C8H7F3INO3S. The summed E-state index contributed by atoms with van der Waals surface area (Å²) in [4.78, 5) is 5.12. The van der Waals surface area contributed by atoms with Crippen molar-refractivity contribution in [2.75, 3.05) is 6.61 Å². The van der Waals surface area contributed by atoms with Gasteiger partial charge in [0, 0.05) is 3.57 Å². The maximum atomic E-state index is 11.7. The minimum absolute atomic E-state index is 0.167. The molecule has 0 saturated carbocycles. The number of halogens is 4. The zero-order valence-electron chi connectivity index (χ0n) is 8.16. The van der Waals surface area contributed by atoms with Gasteiger partial charge < -0.3 is 0 Å². The van der Waals surface area contributed by atoms with E-state index in [1.807, 2.05) is 22.6 Å². The van der Waals surface area contributed by atoms with Gasteiger partial charge in [0.05, 0.1) is 4.90 Å². The smallest absolute Gasteiger partial charge is 0.277 e. The van der Waals surface area contributed by atoms with Gasteiger partial charge in [-0.3, -0.25) is 4.84 Å². The van der Waals surface area contributed by atoms with Crippen LogP contribution in [0.4, 0.5) is 13.2 Å². The predicted octanol–water partition coefficient (Wildman–Crippen LogP) is 2.06. The van der Waals surface area contributed by atoms with Crippen LogP contribution in [0.1, 0.15) is 0 Å². The van der Waals surface area contributed by atoms with E-state index in [4.69, 9.17) is 0 Å². The van der Waals surface area contributed by atoms with Crippen molar-refractivity contribution in [2.24, 2.45) is 0 Å². The highest BCUT2D eigenvalue weighted by Crippen LogP contribution is 2.15. The van der Waals surface area contributed by atoms with Crippen molar-refractivity contribution >= 4 is 32.6 Å². The van der Waals surface area contributed by atoms with Gasteiger partial charge in [0.2, 0.25) is 0 Å². The van der Waals surface area contributed by atoms with Gasteiger partial charge in [-0.05, 0) is 46.9 Å². The molecule has 4 nitrogen and oxygen atoms in total. The summed E-state index contributed by atoms with van der Waals surface area (Å²) in [5, 5.41) is 0. The molecule has 0 aliphatic heterocycles. The summed E-state index contributed by atoms with van der Waals surface area (Å²) < 4.78 is 58.8. The maximum Gasteiger partial charge on any atom is 0.413 e. The quantitative estimate of drug-likeness (QED) is 0.642. The number of sulfonamides is 1. The lowest BCUT2D eigenvalue weighted by Gasteiger charge is -2.09. The third kappa shape index (κ3) is 5.19. The molecule has 1 aromatic carbocycles. The molecule has 0 unspecified atom stereocenters. The van der Waals surface area contributed by atoms with E-state index in [0.717, 1.165) is 3.57 Å². The Balaban J connectivity index is 2.66. The molecule has 0 heterocycles. The lowest BCUT2D eigenvalue weighted by molar-refractivity contribution is -0.181. The zero-order valence-corrected chi connectivity index (χ0v) is 11.1. The van der Waals surface area contributed by atoms with Crippen molar-refractivity contribution in [1.29, 1.82) is 0 Å². The second-order valence-electron chi connectivity index (χ2n) is 2.94. The van der Waals surface area contributed by atoms with Crippen molar-refractivity contribution in [1.82, 2.24) is 4.89 Å². The van der Waals surface area contributed by atoms with Gasteiger partial charge in [0.15, 0.2) is 6.61 Å². The molecule has 1 aromatic rings. The van der Waals surface area contributed by atoms with Crippen molar-refractivity contribution in [2.45, 2.75) is 11.1 Å². The topological polar surface area (TPSA) is 55.4 Å². The molecule has 17 heavy (non-hydrogen) atoms. The fraction of sp³-hybridized carbons (Fsp3) is 0.250. The molecule has 0 fully saturated rings. The summed E-state index contributed by atoms with van der Waals surface area (Å²) in [6.45, 7) is -1.68. The molecule has 0 atom stereocenters. The third-order valence-corrected chi connectivity index (χ3v) is 3.48. The summed E-state index contributed by atoms with van der Waals surface area (Å²) in [5.41, 5.74) is 0. The molecule has 0 radical (unpaired) electrons. The van der Waals surface area contributed by atoms with Gasteiger partial charge in [-0.2, -0.15) is 13.2 Å². The fourth-order valence-electron chi connectivity index (χ4n) is 0.851. The van der Waals surface area contributed by atoms with Gasteiger partial charge in [-0.25, -0.2) is 8.42 Å². The molecule has 0 bridgehead atoms. The summed E-state index contributed by atoms with van der Waals surface area (Å²) in [6.07, 6.45) is -4.59. The number of hydrogen-bond acceptors (Lipinski definition) is 3. The van der Waals surface area contributed by atoms with Crippen LogP contribution >= 0.6 is 22.6 Å². The summed E-state index contributed by atoms with van der Waals surface area (Å²) in [6, 6.07) is 5.56. The molecule has 0 spiro atoms. The first-order valence-corrected chi connectivity index (χ1v) is 6.73. The SMILES string of the molecule is O=S(=O)(NOCC(F)(F)F)c1ccc(I)cc1. The van der Waals surface area contributed by atoms with Crippen LogP contribution in [0.15, 0.2) is 29.2 Å². The lowest BCUT2D eigenvalue weighted by Crippen LogP contribution is -2.29. The van der Waals surface area contributed by atoms with Crippen LogP contribution in [-0.2, 0) is 14.9 Å². The molecule has 1 rings (SSSR count). The molecule has 1 N–H and O–H groups in total. The van der Waals surface area contributed by atoms with Gasteiger partial charge in [-0.1, -0.05) is 4.89 Å². The lowest BCUT2D eigenvalue weighted by atomic mass is 10.4. The Kier molecular flexibility index (Phi) is 4.75. The van der Waals surface area contributed by atoms with Crippen LogP contribution in [0.5, 0.6) is 0 Å². The molecule has 0 amide bonds. The van der Waals surface area contributed by atoms with Crippen LogP contribution in [-0.4, -0.2) is 21.2 Å². The summed E-state index contributed by atoms with van der Waals surface area (Å²) in [7, 11) is -4.08. The highest BCUT2D eigenvalue weighted by atomic mass is 127. The summed E-state index contributed by atoms with van der Waals surface area (Å²) in [5.74, 6) is 0. The Morgan fingerprint density at radius 2 is 1.76 bits per heavy atom. The second kappa shape index (κ2) is 5.50. The Bertz CT molecular complexity index is 472. The van der Waals surface area contributed by atoms with Crippen LogP contribution in [0, 0.1) is 3.57 Å². The number of nitrogens with one attached hydrogen (secondary N) is 1. The van der Waals surface area contributed by atoms with E-state index in [9.17, 15) is 21.6 Å². The van der Waals surface area contributed by atoms with Crippen LogP contribution in [0.3, 0.4) is 0 Å². The van der Waals surface area contributed by atoms with Gasteiger partial charge >= 0.3 is 6.18 Å². The number of alkyl halides is 3. The Labute approximate surface area is 109 Å². The third-order valence-electron chi connectivity index (χ3n) is 1.53. The van der Waals surface area contributed by atoms with E-state index in [1.165, 1.54) is 29.2 Å². The van der Waals surface area contributed by atoms with E-state index >= 15 is 0 Å². The van der Waals surface area contributed by atoms with E-state index in [2.05, 4.69) is 4.84 Å². The summed E-state index contributed by atoms with van der Waals surface area (Å²) >= 11 is 1.97. The Hall–Kier alpha value is -0.390. The Morgan fingerprint density at radius 1 is 1.24 bits per heavy atom. The molecular weight excluding hydrogens is 374 g/mol. The van der Waals surface area contributed by atoms with Crippen molar-refractivity contribution < 1.29 is 26.4 Å². The van der Waals surface area contributed by atoms with Crippen LogP contribution < -0.4 is 4.89 Å². The molecule has 9 heteroatoms. The average molecular weight is 381 g/mol. The first-order chi connectivity index (χ1) is 7.71. The highest BCUT2D eigenvalue weighted by molar-refractivity contribution is 14.1. The molecule has 0 saturated heterocycles. The minimum atomic E-state index is -4.59. The number of hydrogen-bond donors (Lipinski definition) is 1. The van der Waals surface area contributed by atoms with E-state index in [-0.39, 0.29) is 4.90 Å².